The normalized spacial score (nSPS) is 20.8. The molecule has 2 aliphatic heterocycles. The van der Waals surface area contributed by atoms with Crippen LogP contribution in [0.5, 0.6) is 0 Å². The van der Waals surface area contributed by atoms with Crippen LogP contribution in [0, 0.1) is 6.92 Å². The van der Waals surface area contributed by atoms with Gasteiger partial charge in [0.25, 0.3) is 5.91 Å². The summed E-state index contributed by atoms with van der Waals surface area (Å²) < 4.78 is 0. The number of H-pyrrole nitrogens is 1. The average Bonchev–Trinajstić information content (AvgIpc) is 3.35. The van der Waals surface area contributed by atoms with Gasteiger partial charge in [-0.3, -0.25) is 4.79 Å². The van der Waals surface area contributed by atoms with E-state index in [0.29, 0.717) is 0 Å². The highest BCUT2D eigenvalue weighted by molar-refractivity contribution is 5.95. The minimum absolute atomic E-state index is 0.0506. The van der Waals surface area contributed by atoms with Gasteiger partial charge in [-0.1, -0.05) is 0 Å². The highest BCUT2D eigenvalue weighted by Gasteiger charge is 2.32. The van der Waals surface area contributed by atoms with Crippen LogP contribution < -0.4 is 4.90 Å². The average molecular weight is 325 g/mol. The summed E-state index contributed by atoms with van der Waals surface area (Å²) in [6, 6.07) is 3.82. The first kappa shape index (κ1) is 15.2. The van der Waals surface area contributed by atoms with Crippen LogP contribution in [-0.4, -0.2) is 45.4 Å². The lowest BCUT2D eigenvalue weighted by atomic mass is 10.1. The SMILES string of the molecule is Cc1cnc([C@H]2CCCN2C(=O)c2ccnc(N3CCCC3)c2)[nH]1. The number of likely N-dealkylation sites (tertiary alicyclic amines) is 1. The molecule has 1 atom stereocenters. The van der Waals surface area contributed by atoms with Crippen LogP contribution in [0.15, 0.2) is 24.5 Å². The molecular weight excluding hydrogens is 302 g/mol. The minimum atomic E-state index is 0.0506. The second-order valence-electron chi connectivity index (χ2n) is 6.70. The predicted octanol–water partition coefficient (Wildman–Crippen LogP) is 2.69. The summed E-state index contributed by atoms with van der Waals surface area (Å²) in [7, 11) is 0. The molecule has 4 heterocycles. The smallest absolute Gasteiger partial charge is 0.254 e. The molecule has 24 heavy (non-hydrogen) atoms. The molecule has 0 saturated carbocycles. The van der Waals surface area contributed by atoms with E-state index >= 15 is 0 Å². The Kier molecular flexibility index (Phi) is 3.96. The molecule has 126 valence electrons. The number of amides is 1. The van der Waals surface area contributed by atoms with Crippen molar-refractivity contribution in [3.05, 3.63) is 41.6 Å². The number of rotatable bonds is 3. The monoisotopic (exact) mass is 325 g/mol. The summed E-state index contributed by atoms with van der Waals surface area (Å²) >= 11 is 0. The van der Waals surface area contributed by atoms with Crippen LogP contribution >= 0.6 is 0 Å². The molecule has 2 saturated heterocycles. The summed E-state index contributed by atoms with van der Waals surface area (Å²) in [5.41, 5.74) is 1.76. The van der Waals surface area contributed by atoms with Crippen molar-refractivity contribution in [2.24, 2.45) is 0 Å². The highest BCUT2D eigenvalue weighted by Crippen LogP contribution is 2.32. The first-order valence-electron chi connectivity index (χ1n) is 8.76. The van der Waals surface area contributed by atoms with Crippen LogP contribution in [0.2, 0.25) is 0 Å². The Balaban J connectivity index is 1.57. The Morgan fingerprint density at radius 1 is 1.21 bits per heavy atom. The molecule has 2 aromatic heterocycles. The molecule has 1 N–H and O–H groups in total. The second-order valence-corrected chi connectivity index (χ2v) is 6.70. The first-order valence-corrected chi connectivity index (χ1v) is 8.76. The van der Waals surface area contributed by atoms with Crippen molar-refractivity contribution in [2.75, 3.05) is 24.5 Å². The van der Waals surface area contributed by atoms with Gasteiger partial charge >= 0.3 is 0 Å². The van der Waals surface area contributed by atoms with Gasteiger partial charge in [-0.2, -0.15) is 0 Å². The largest absolute Gasteiger partial charge is 0.357 e. The van der Waals surface area contributed by atoms with E-state index in [-0.39, 0.29) is 11.9 Å². The number of aromatic nitrogens is 3. The molecule has 0 aromatic carbocycles. The molecule has 2 aliphatic rings. The molecule has 0 radical (unpaired) electrons. The molecule has 0 aliphatic carbocycles. The van der Waals surface area contributed by atoms with Gasteiger partial charge in [0.1, 0.15) is 11.6 Å². The van der Waals surface area contributed by atoms with Gasteiger partial charge in [0.2, 0.25) is 0 Å². The van der Waals surface area contributed by atoms with E-state index in [1.165, 1.54) is 12.8 Å². The van der Waals surface area contributed by atoms with Crippen LogP contribution in [0.3, 0.4) is 0 Å². The predicted molar refractivity (Wildman–Crippen MR) is 92.0 cm³/mol. The van der Waals surface area contributed by atoms with E-state index in [2.05, 4.69) is 19.9 Å². The fraction of sp³-hybridized carbons (Fsp3) is 0.500. The molecule has 0 spiro atoms. The van der Waals surface area contributed by atoms with Crippen LogP contribution in [-0.2, 0) is 0 Å². The van der Waals surface area contributed by atoms with E-state index in [0.717, 1.165) is 55.4 Å². The number of hydrogen-bond donors (Lipinski definition) is 1. The number of imidazole rings is 1. The van der Waals surface area contributed by atoms with Gasteiger partial charge in [-0.25, -0.2) is 9.97 Å². The van der Waals surface area contributed by atoms with Gasteiger partial charge in [0.05, 0.1) is 6.04 Å². The molecule has 0 unspecified atom stereocenters. The number of aryl methyl sites for hydroxylation is 1. The lowest BCUT2D eigenvalue weighted by Crippen LogP contribution is -2.31. The maximum atomic E-state index is 13.0. The van der Waals surface area contributed by atoms with Gasteiger partial charge in [-0.05, 0) is 44.7 Å². The molecule has 1 amide bonds. The van der Waals surface area contributed by atoms with E-state index < -0.39 is 0 Å². The number of carbonyl (C=O) groups excluding carboxylic acids is 1. The van der Waals surface area contributed by atoms with Crippen molar-refractivity contribution < 1.29 is 4.79 Å². The number of nitrogens with one attached hydrogen (secondary N) is 1. The summed E-state index contributed by atoms with van der Waals surface area (Å²) in [5, 5.41) is 0. The summed E-state index contributed by atoms with van der Waals surface area (Å²) in [6.45, 7) is 4.83. The Hall–Kier alpha value is -2.37. The van der Waals surface area contributed by atoms with Crippen molar-refractivity contribution in [1.82, 2.24) is 19.9 Å². The van der Waals surface area contributed by atoms with Gasteiger partial charge in [-0.15, -0.1) is 0 Å². The molecule has 0 bridgehead atoms. The van der Waals surface area contributed by atoms with Crippen molar-refractivity contribution in [3.63, 3.8) is 0 Å². The molecule has 4 rings (SSSR count). The zero-order valence-electron chi connectivity index (χ0n) is 14.0. The van der Waals surface area contributed by atoms with Crippen LogP contribution in [0.25, 0.3) is 0 Å². The molecule has 6 nitrogen and oxygen atoms in total. The summed E-state index contributed by atoms with van der Waals surface area (Å²) in [6.07, 6.45) is 7.96. The molecular formula is C18H23N5O. The Morgan fingerprint density at radius 3 is 2.79 bits per heavy atom. The Labute approximate surface area is 141 Å². The molecule has 6 heteroatoms. The lowest BCUT2D eigenvalue weighted by molar-refractivity contribution is 0.0730. The number of nitrogens with zero attached hydrogens (tertiary/aromatic N) is 4. The third-order valence-corrected chi connectivity index (χ3v) is 4.97. The van der Waals surface area contributed by atoms with Crippen molar-refractivity contribution >= 4 is 11.7 Å². The first-order chi connectivity index (χ1) is 11.7. The number of anilines is 1. The zero-order chi connectivity index (χ0) is 16.5. The summed E-state index contributed by atoms with van der Waals surface area (Å²) in [5.74, 6) is 1.89. The quantitative estimate of drug-likeness (QED) is 0.942. The van der Waals surface area contributed by atoms with Crippen molar-refractivity contribution in [2.45, 2.75) is 38.6 Å². The van der Waals surface area contributed by atoms with Crippen LogP contribution in [0.1, 0.15) is 53.6 Å². The van der Waals surface area contributed by atoms with Gasteiger partial charge in [0, 0.05) is 43.3 Å². The Bertz CT molecular complexity index is 735. The molecule has 2 fully saturated rings. The minimum Gasteiger partial charge on any atom is -0.357 e. The summed E-state index contributed by atoms with van der Waals surface area (Å²) in [4.78, 5) is 29.4. The fourth-order valence-corrected chi connectivity index (χ4v) is 3.73. The zero-order valence-corrected chi connectivity index (χ0v) is 14.0. The van der Waals surface area contributed by atoms with Crippen LogP contribution in [0.4, 0.5) is 5.82 Å². The van der Waals surface area contributed by atoms with Crippen molar-refractivity contribution in [1.29, 1.82) is 0 Å². The molecule has 2 aromatic rings. The van der Waals surface area contributed by atoms with E-state index in [9.17, 15) is 4.79 Å². The lowest BCUT2D eigenvalue weighted by Gasteiger charge is -2.24. The van der Waals surface area contributed by atoms with Gasteiger partial charge in [0.15, 0.2) is 0 Å². The van der Waals surface area contributed by atoms with E-state index in [1.54, 1.807) is 6.20 Å². The third-order valence-electron chi connectivity index (χ3n) is 4.97. The third kappa shape index (κ3) is 2.77. The number of aromatic amines is 1. The van der Waals surface area contributed by atoms with E-state index in [1.807, 2.05) is 30.2 Å². The number of hydrogen-bond acceptors (Lipinski definition) is 4. The highest BCUT2D eigenvalue weighted by atomic mass is 16.2. The maximum Gasteiger partial charge on any atom is 0.254 e. The van der Waals surface area contributed by atoms with E-state index in [4.69, 9.17) is 0 Å². The van der Waals surface area contributed by atoms with Gasteiger partial charge < -0.3 is 14.8 Å². The Morgan fingerprint density at radius 2 is 2.04 bits per heavy atom. The standard InChI is InChI=1S/C18H23N5O/c1-13-12-20-17(21-13)15-5-4-10-23(15)18(24)14-6-7-19-16(11-14)22-8-2-3-9-22/h6-7,11-12,15H,2-5,8-10H2,1H3,(H,20,21)/t15-/m1/s1. The second kappa shape index (κ2) is 6.26. The fourth-order valence-electron chi connectivity index (χ4n) is 3.73. The maximum absolute atomic E-state index is 13.0. The van der Waals surface area contributed by atoms with Crippen molar-refractivity contribution in [3.8, 4) is 0 Å². The number of carbonyl (C=O) groups is 1. The topological polar surface area (TPSA) is 65.1 Å². The number of pyridine rings is 1.